The van der Waals surface area contributed by atoms with E-state index >= 15 is 0 Å². The van der Waals surface area contributed by atoms with Gasteiger partial charge in [-0.15, -0.1) is 11.3 Å². The molecule has 0 spiro atoms. The van der Waals surface area contributed by atoms with Crippen LogP contribution in [0, 0.1) is 0 Å². The lowest BCUT2D eigenvalue weighted by atomic mass is 10.1. The van der Waals surface area contributed by atoms with Gasteiger partial charge in [0.25, 0.3) is 0 Å². The Morgan fingerprint density at radius 2 is 2.05 bits per heavy atom. The van der Waals surface area contributed by atoms with Gasteiger partial charge in [0.1, 0.15) is 0 Å². The first-order valence-electron chi connectivity index (χ1n) is 6.86. The quantitative estimate of drug-likeness (QED) is 0.923. The van der Waals surface area contributed by atoms with Crippen molar-refractivity contribution in [2.24, 2.45) is 0 Å². The first kappa shape index (κ1) is 14.8. The van der Waals surface area contributed by atoms with Crippen molar-refractivity contribution in [1.82, 2.24) is 10.2 Å². The Balaban J connectivity index is 1.89. The van der Waals surface area contributed by atoms with Crippen molar-refractivity contribution in [2.75, 3.05) is 13.1 Å². The topological polar surface area (TPSA) is 32.3 Å². The number of piperidine rings is 1. The van der Waals surface area contributed by atoms with E-state index in [1.807, 2.05) is 23.3 Å². The highest BCUT2D eigenvalue weighted by atomic mass is 35.5. The second-order valence-corrected chi connectivity index (χ2v) is 6.72. The van der Waals surface area contributed by atoms with Gasteiger partial charge in [-0.1, -0.05) is 11.6 Å². The maximum absolute atomic E-state index is 12.3. The zero-order valence-electron chi connectivity index (χ0n) is 11.5. The van der Waals surface area contributed by atoms with E-state index in [9.17, 15) is 4.79 Å². The standard InChI is InChI=1S/C14H21ClN2OS/c1-10(12-8-13(15)19-9-12)16-11(2)14(18)17-6-4-3-5-7-17/h8-11,16H,3-7H2,1-2H3. The van der Waals surface area contributed by atoms with E-state index in [0.717, 1.165) is 35.8 Å². The van der Waals surface area contributed by atoms with Gasteiger partial charge in [-0.2, -0.15) is 0 Å². The zero-order chi connectivity index (χ0) is 13.8. The summed E-state index contributed by atoms with van der Waals surface area (Å²) in [4.78, 5) is 14.3. The molecule has 0 saturated carbocycles. The zero-order valence-corrected chi connectivity index (χ0v) is 13.1. The fourth-order valence-electron chi connectivity index (χ4n) is 2.48. The lowest BCUT2D eigenvalue weighted by Gasteiger charge is -2.30. The second kappa shape index (κ2) is 6.73. The second-order valence-electron chi connectivity index (χ2n) is 5.18. The van der Waals surface area contributed by atoms with Crippen molar-refractivity contribution in [3.05, 3.63) is 21.3 Å². The van der Waals surface area contributed by atoms with Crippen molar-refractivity contribution in [3.63, 3.8) is 0 Å². The largest absolute Gasteiger partial charge is 0.341 e. The molecule has 1 amide bonds. The molecule has 0 bridgehead atoms. The van der Waals surface area contributed by atoms with Gasteiger partial charge in [-0.05, 0) is 50.1 Å². The fourth-order valence-corrected chi connectivity index (χ4v) is 3.47. The van der Waals surface area contributed by atoms with E-state index in [0.29, 0.717) is 0 Å². The number of nitrogens with one attached hydrogen (secondary N) is 1. The number of hydrogen-bond acceptors (Lipinski definition) is 3. The molecule has 19 heavy (non-hydrogen) atoms. The Morgan fingerprint density at radius 3 is 2.63 bits per heavy atom. The van der Waals surface area contributed by atoms with Crippen molar-refractivity contribution < 1.29 is 4.79 Å². The third kappa shape index (κ3) is 3.94. The molecule has 5 heteroatoms. The first-order valence-corrected chi connectivity index (χ1v) is 8.12. The molecule has 3 nitrogen and oxygen atoms in total. The summed E-state index contributed by atoms with van der Waals surface area (Å²) in [6, 6.07) is 1.96. The van der Waals surface area contributed by atoms with Gasteiger partial charge >= 0.3 is 0 Å². The van der Waals surface area contributed by atoms with Gasteiger partial charge in [0.2, 0.25) is 5.91 Å². The average Bonchev–Trinajstić information content (AvgIpc) is 2.85. The molecule has 1 fully saturated rings. The molecule has 2 atom stereocenters. The molecule has 1 aliphatic rings. The number of carbonyl (C=O) groups excluding carboxylic acids is 1. The molecule has 1 aliphatic heterocycles. The van der Waals surface area contributed by atoms with Crippen LogP contribution in [0.1, 0.15) is 44.7 Å². The van der Waals surface area contributed by atoms with Gasteiger partial charge in [-0.3, -0.25) is 10.1 Å². The summed E-state index contributed by atoms with van der Waals surface area (Å²) in [7, 11) is 0. The molecule has 1 saturated heterocycles. The van der Waals surface area contributed by atoms with Crippen LogP contribution in [0.25, 0.3) is 0 Å². The number of thiophene rings is 1. The van der Waals surface area contributed by atoms with E-state index in [-0.39, 0.29) is 18.0 Å². The normalized spacial score (nSPS) is 19.2. The maximum Gasteiger partial charge on any atom is 0.239 e. The molecule has 1 aromatic heterocycles. The molecule has 1 N–H and O–H groups in total. The van der Waals surface area contributed by atoms with Crippen LogP contribution >= 0.6 is 22.9 Å². The number of hydrogen-bond donors (Lipinski definition) is 1. The lowest BCUT2D eigenvalue weighted by molar-refractivity contribution is -0.134. The molecule has 2 rings (SSSR count). The van der Waals surface area contributed by atoms with Crippen molar-refractivity contribution in [2.45, 2.75) is 45.2 Å². The lowest BCUT2D eigenvalue weighted by Crippen LogP contribution is -2.47. The Hall–Kier alpha value is -0.580. The summed E-state index contributed by atoms with van der Waals surface area (Å²) >= 11 is 7.47. The summed E-state index contributed by atoms with van der Waals surface area (Å²) in [5.74, 6) is 0.216. The van der Waals surface area contributed by atoms with Crippen molar-refractivity contribution in [3.8, 4) is 0 Å². The van der Waals surface area contributed by atoms with Gasteiger partial charge in [0.05, 0.1) is 10.4 Å². The van der Waals surface area contributed by atoms with Crippen LogP contribution < -0.4 is 5.32 Å². The summed E-state index contributed by atoms with van der Waals surface area (Å²) in [6.45, 7) is 5.83. The molecule has 106 valence electrons. The molecule has 2 unspecified atom stereocenters. The summed E-state index contributed by atoms with van der Waals surface area (Å²) in [5.41, 5.74) is 1.15. The number of likely N-dealkylation sites (tertiary alicyclic amines) is 1. The third-order valence-corrected chi connectivity index (χ3v) is 4.74. The van der Waals surface area contributed by atoms with Crippen LogP contribution in [0.2, 0.25) is 4.34 Å². The molecule has 0 radical (unpaired) electrons. The number of halogens is 1. The van der Waals surface area contributed by atoms with Crippen LogP contribution in [0.4, 0.5) is 0 Å². The van der Waals surface area contributed by atoms with E-state index in [1.54, 1.807) is 0 Å². The Morgan fingerprint density at radius 1 is 1.37 bits per heavy atom. The van der Waals surface area contributed by atoms with Crippen molar-refractivity contribution in [1.29, 1.82) is 0 Å². The van der Waals surface area contributed by atoms with Gasteiger partial charge in [-0.25, -0.2) is 0 Å². The molecular weight excluding hydrogens is 280 g/mol. The van der Waals surface area contributed by atoms with Crippen LogP contribution in [-0.4, -0.2) is 29.9 Å². The first-order chi connectivity index (χ1) is 9.08. The van der Waals surface area contributed by atoms with Crippen LogP contribution in [-0.2, 0) is 4.79 Å². The minimum atomic E-state index is -0.147. The minimum absolute atomic E-state index is 0.146. The van der Waals surface area contributed by atoms with Gasteiger partial charge in [0.15, 0.2) is 0 Å². The molecule has 0 aliphatic carbocycles. The minimum Gasteiger partial charge on any atom is -0.341 e. The van der Waals surface area contributed by atoms with E-state index in [2.05, 4.69) is 12.2 Å². The van der Waals surface area contributed by atoms with Crippen LogP contribution in [0.15, 0.2) is 11.4 Å². The Kier molecular flexibility index (Phi) is 5.25. The molecule has 2 heterocycles. The van der Waals surface area contributed by atoms with Gasteiger partial charge < -0.3 is 4.90 Å². The third-order valence-electron chi connectivity index (χ3n) is 3.63. The Labute approximate surface area is 123 Å². The monoisotopic (exact) mass is 300 g/mol. The Bertz CT molecular complexity index is 429. The number of amides is 1. The number of nitrogens with zero attached hydrogens (tertiary/aromatic N) is 1. The van der Waals surface area contributed by atoms with E-state index in [4.69, 9.17) is 11.6 Å². The fraction of sp³-hybridized carbons (Fsp3) is 0.643. The SMILES string of the molecule is CC(NC(C)c1csc(Cl)c1)C(=O)N1CCCCC1. The van der Waals surface area contributed by atoms with Crippen LogP contribution in [0.5, 0.6) is 0 Å². The predicted octanol–water partition coefficient (Wildman–Crippen LogP) is 3.45. The highest BCUT2D eigenvalue weighted by molar-refractivity contribution is 7.14. The molecular formula is C14H21ClN2OS. The highest BCUT2D eigenvalue weighted by Crippen LogP contribution is 2.25. The smallest absolute Gasteiger partial charge is 0.239 e. The van der Waals surface area contributed by atoms with Gasteiger partial charge in [0, 0.05) is 19.1 Å². The highest BCUT2D eigenvalue weighted by Gasteiger charge is 2.23. The van der Waals surface area contributed by atoms with Crippen LogP contribution in [0.3, 0.4) is 0 Å². The van der Waals surface area contributed by atoms with Crippen molar-refractivity contribution >= 4 is 28.8 Å². The van der Waals surface area contributed by atoms with E-state index < -0.39 is 0 Å². The van der Waals surface area contributed by atoms with E-state index in [1.165, 1.54) is 17.8 Å². The number of carbonyl (C=O) groups is 1. The average molecular weight is 301 g/mol. The molecule has 1 aromatic rings. The molecule has 0 aromatic carbocycles. The summed E-state index contributed by atoms with van der Waals surface area (Å²) < 4.78 is 0.790. The maximum atomic E-state index is 12.3. The predicted molar refractivity (Wildman–Crippen MR) is 80.8 cm³/mol. The summed E-state index contributed by atoms with van der Waals surface area (Å²) in [5, 5.41) is 5.40. The number of rotatable bonds is 4. The summed E-state index contributed by atoms with van der Waals surface area (Å²) in [6.07, 6.45) is 3.51.